The van der Waals surface area contributed by atoms with E-state index in [0.717, 1.165) is 42.6 Å². The highest BCUT2D eigenvalue weighted by molar-refractivity contribution is 6.74. The number of rotatable bonds is 15. The van der Waals surface area contributed by atoms with E-state index in [4.69, 9.17) is 30.0 Å². The molecule has 0 radical (unpaired) electrons. The first-order valence-electron chi connectivity index (χ1n) is 22.3. The van der Waals surface area contributed by atoms with E-state index in [1.54, 1.807) is 12.2 Å². The van der Waals surface area contributed by atoms with Gasteiger partial charge in [0.05, 0.1) is 11.6 Å². The quantitative estimate of drug-likeness (QED) is 0.0914. The highest BCUT2D eigenvalue weighted by Crippen LogP contribution is 2.60. The van der Waals surface area contributed by atoms with Crippen molar-refractivity contribution in [2.24, 2.45) is 11.8 Å². The Hall–Kier alpha value is -4.78. The summed E-state index contributed by atoms with van der Waals surface area (Å²) < 4.78 is 26.6. The van der Waals surface area contributed by atoms with Gasteiger partial charge < -0.3 is 23.5 Å². The van der Waals surface area contributed by atoms with Crippen LogP contribution in [0.4, 0.5) is 0 Å². The summed E-state index contributed by atoms with van der Waals surface area (Å²) in [5.41, 5.74) is 2.02. The summed E-state index contributed by atoms with van der Waals surface area (Å²) in [6.07, 6.45) is 6.21. The highest BCUT2D eigenvalue weighted by Gasteiger charge is 2.67. The van der Waals surface area contributed by atoms with Crippen LogP contribution in [0.15, 0.2) is 108 Å². The van der Waals surface area contributed by atoms with E-state index in [1.165, 1.54) is 0 Å². The van der Waals surface area contributed by atoms with Gasteiger partial charge in [0.1, 0.15) is 30.3 Å². The number of benzene rings is 3. The van der Waals surface area contributed by atoms with Gasteiger partial charge in [-0.05, 0) is 96.3 Å². The Kier molecular flexibility index (Phi) is 12.6. The van der Waals surface area contributed by atoms with Crippen LogP contribution in [-0.2, 0) is 24.1 Å². The van der Waals surface area contributed by atoms with Crippen LogP contribution < -0.4 is 9.47 Å². The molecule has 1 fully saturated rings. The van der Waals surface area contributed by atoms with E-state index in [9.17, 15) is 5.11 Å². The van der Waals surface area contributed by atoms with Crippen LogP contribution >= 0.6 is 11.6 Å². The van der Waals surface area contributed by atoms with Gasteiger partial charge in [0, 0.05) is 35.6 Å². The number of hydrogen-bond donors (Lipinski definition) is 1. The Balaban J connectivity index is 1.35. The van der Waals surface area contributed by atoms with E-state index < -0.39 is 48.4 Å². The molecule has 12 heteroatoms. The third kappa shape index (κ3) is 7.83. The zero-order valence-electron chi connectivity index (χ0n) is 37.4. The van der Waals surface area contributed by atoms with Crippen LogP contribution in [0.25, 0.3) is 0 Å². The Morgan fingerprint density at radius 3 is 2.24 bits per heavy atom. The number of halogens is 1. The van der Waals surface area contributed by atoms with Gasteiger partial charge >= 0.3 is 0 Å². The van der Waals surface area contributed by atoms with Gasteiger partial charge in [-0.25, -0.2) is 0 Å². The van der Waals surface area contributed by atoms with Crippen molar-refractivity contribution >= 4 is 31.5 Å². The zero-order valence-corrected chi connectivity index (χ0v) is 39.2. The summed E-state index contributed by atoms with van der Waals surface area (Å²) in [6.45, 7) is 23.7. The van der Waals surface area contributed by atoms with E-state index in [0.29, 0.717) is 53.6 Å². The summed E-state index contributed by atoms with van der Waals surface area (Å²) in [6, 6.07) is 20.8. The second-order valence-electron chi connectivity index (χ2n) is 18.9. The Morgan fingerprint density at radius 2 is 1.63 bits per heavy atom. The molecule has 1 unspecified atom stereocenters. The van der Waals surface area contributed by atoms with Gasteiger partial charge in [-0.1, -0.05) is 112 Å². The molecule has 3 aliphatic carbocycles. The predicted octanol–water partition coefficient (Wildman–Crippen LogP) is 11.2. The molecule has 1 saturated heterocycles. The number of likely N-dealkylation sites (tertiary alicyclic amines) is 1. The van der Waals surface area contributed by atoms with Crippen LogP contribution in [0.2, 0.25) is 23.2 Å². The number of aliphatic hydroxyl groups excluding tert-OH is 1. The fraction of sp³-hybridized carbons (Fsp3) is 0.431. The van der Waals surface area contributed by atoms with Crippen LogP contribution in [0.3, 0.4) is 0 Å². The number of carbonyl (C=O) groups excluding carboxylic acids is 2. The molecule has 0 spiro atoms. The SMILES string of the molecule is C=CCN(CC=C)[C@@H]1c2onc(OCc3ccccc3)c2C(=O)[C@@]2(O[Si](C)(C)C(C)(C)C)C(O)=C3C(=O)c4c(OCc5ccccc5)cc(C5CCCN5CC)c(Cl)c4C[C@H]3C[C@@H]12. The standard InChI is InChI=1S/C51H60ClN3O7Si/c1-9-24-55(25-10-2)44-37-28-34-27-36-41(39(59-30-32-19-14-12-15-20-32)29-35(43(36)52)38-23-18-26-54(38)11-3)45(56)40(34)47(57)51(37,62-63(7,8)50(4,5)6)48(58)42-46(44)61-53-49(42)60-31-33-21-16-13-17-22-33/h9-10,12-17,19-22,29,34,37-38,44,57H,1-2,11,18,23-28,30-31H2,3-8H3/t34-,37-,38?,44-,51-/m0/s1. The minimum atomic E-state index is -2.96. The Morgan fingerprint density at radius 1 is 1.00 bits per heavy atom. The molecule has 3 aromatic carbocycles. The maximum Gasteiger partial charge on any atom is 0.265 e. The smallest absolute Gasteiger partial charge is 0.265 e. The third-order valence-electron chi connectivity index (χ3n) is 14.2. The minimum Gasteiger partial charge on any atom is -0.508 e. The molecule has 5 atom stereocenters. The van der Waals surface area contributed by atoms with Crippen molar-refractivity contribution in [2.75, 3.05) is 26.2 Å². The van der Waals surface area contributed by atoms with Crippen molar-refractivity contribution in [3.63, 3.8) is 0 Å². The van der Waals surface area contributed by atoms with Crippen molar-refractivity contribution in [2.45, 2.75) is 102 Å². The Bertz CT molecular complexity index is 2420. The van der Waals surface area contributed by atoms with E-state index in [1.807, 2.05) is 66.7 Å². The first kappa shape index (κ1) is 44.8. The lowest BCUT2D eigenvalue weighted by atomic mass is 9.58. The number of Topliss-reactive ketones (excluding diaryl/α,β-unsaturated/α-hetero) is 2. The van der Waals surface area contributed by atoms with Crippen molar-refractivity contribution in [3.8, 4) is 11.6 Å². The van der Waals surface area contributed by atoms with E-state index in [-0.39, 0.29) is 42.0 Å². The van der Waals surface area contributed by atoms with Gasteiger partial charge in [-0.15, -0.1) is 13.2 Å². The molecule has 0 amide bonds. The molecule has 332 valence electrons. The first-order chi connectivity index (χ1) is 30.2. The number of ether oxygens (including phenoxy) is 2. The maximum absolute atomic E-state index is 15.9. The fourth-order valence-corrected chi connectivity index (χ4v) is 11.9. The molecule has 63 heavy (non-hydrogen) atoms. The zero-order chi connectivity index (χ0) is 44.8. The normalized spacial score (nSPS) is 23.6. The number of aliphatic hydroxyl groups is 1. The molecule has 4 aliphatic rings. The summed E-state index contributed by atoms with van der Waals surface area (Å²) >= 11 is 7.53. The highest BCUT2D eigenvalue weighted by atomic mass is 35.5. The molecule has 0 saturated carbocycles. The van der Waals surface area contributed by atoms with E-state index >= 15 is 9.59 Å². The largest absolute Gasteiger partial charge is 0.508 e. The van der Waals surface area contributed by atoms with Crippen LogP contribution in [0.1, 0.15) is 108 Å². The van der Waals surface area contributed by atoms with E-state index in [2.05, 4.69) is 68.9 Å². The summed E-state index contributed by atoms with van der Waals surface area (Å²) in [5, 5.41) is 17.9. The van der Waals surface area contributed by atoms with Crippen molar-refractivity contribution in [1.29, 1.82) is 0 Å². The van der Waals surface area contributed by atoms with Gasteiger partial charge in [-0.3, -0.25) is 19.4 Å². The molecule has 1 aromatic heterocycles. The molecular formula is C51H60ClN3O7Si. The summed E-state index contributed by atoms with van der Waals surface area (Å²) in [5.74, 6) is -1.85. The molecule has 1 aliphatic heterocycles. The third-order valence-corrected chi connectivity index (χ3v) is 19.1. The minimum absolute atomic E-state index is 0.00171. The van der Waals surface area contributed by atoms with Gasteiger partial charge in [0.2, 0.25) is 5.78 Å². The molecule has 8 rings (SSSR count). The molecule has 10 nitrogen and oxygen atoms in total. The van der Waals surface area contributed by atoms with Crippen molar-refractivity contribution in [1.82, 2.24) is 15.0 Å². The summed E-state index contributed by atoms with van der Waals surface area (Å²) in [7, 11) is -2.96. The fourth-order valence-electron chi connectivity index (χ4n) is 10.1. The van der Waals surface area contributed by atoms with Crippen LogP contribution in [0.5, 0.6) is 11.6 Å². The lowest BCUT2D eigenvalue weighted by Crippen LogP contribution is -2.65. The van der Waals surface area contributed by atoms with Gasteiger partial charge in [-0.2, -0.15) is 0 Å². The molecule has 1 N–H and O–H groups in total. The lowest BCUT2D eigenvalue weighted by molar-refractivity contribution is -0.0524. The molecule has 0 bridgehead atoms. The number of hydrogen-bond acceptors (Lipinski definition) is 10. The van der Waals surface area contributed by atoms with Crippen LogP contribution in [0, 0.1) is 11.8 Å². The predicted molar refractivity (Wildman–Crippen MR) is 248 cm³/mol. The number of fused-ring (bicyclic) bond motifs is 4. The lowest BCUT2D eigenvalue weighted by Gasteiger charge is -2.55. The Labute approximate surface area is 377 Å². The second kappa shape index (κ2) is 17.7. The number of allylic oxidation sites excluding steroid dienone is 1. The molecule has 4 aromatic rings. The first-order valence-corrected chi connectivity index (χ1v) is 25.6. The van der Waals surface area contributed by atoms with Crippen molar-refractivity contribution < 1.29 is 33.1 Å². The number of carbonyl (C=O) groups is 2. The maximum atomic E-state index is 15.9. The van der Waals surface area contributed by atoms with Crippen LogP contribution in [-0.4, -0.2) is 71.7 Å². The van der Waals surface area contributed by atoms with Gasteiger partial charge in [0.25, 0.3) is 5.88 Å². The average molecular weight is 891 g/mol. The second-order valence-corrected chi connectivity index (χ2v) is 24.0. The topological polar surface area (TPSA) is 115 Å². The number of aromatic nitrogens is 1. The molecular weight excluding hydrogens is 830 g/mol. The molecule has 2 heterocycles. The number of nitrogens with zero attached hydrogens (tertiary/aromatic N) is 3. The monoisotopic (exact) mass is 889 g/mol. The van der Waals surface area contributed by atoms with Gasteiger partial charge in [0.15, 0.2) is 25.5 Å². The summed E-state index contributed by atoms with van der Waals surface area (Å²) in [4.78, 5) is 36.1. The number of ketones is 2. The van der Waals surface area contributed by atoms with Crippen molar-refractivity contribution in [3.05, 3.63) is 148 Å². The average Bonchev–Trinajstić information content (AvgIpc) is 3.92.